The first-order chi connectivity index (χ1) is 17.2. The molecule has 3 aromatic rings. The zero-order chi connectivity index (χ0) is 25.6. The van der Waals surface area contributed by atoms with Crippen LogP contribution in [0.4, 0.5) is 11.4 Å². The van der Waals surface area contributed by atoms with Gasteiger partial charge in [-0.15, -0.1) is 0 Å². The number of carbonyl (C=O) groups is 1. The summed E-state index contributed by atoms with van der Waals surface area (Å²) in [5.41, 5.74) is 3.27. The van der Waals surface area contributed by atoms with Gasteiger partial charge in [-0.05, 0) is 75.8 Å². The molecule has 186 valence electrons. The summed E-state index contributed by atoms with van der Waals surface area (Å²) >= 11 is 12.2. The Morgan fingerprint density at radius 3 is 2.69 bits per heavy atom. The predicted octanol–water partition coefficient (Wildman–Crippen LogP) is 6.15. The number of nitrogens with zero attached hydrogens (tertiary/aromatic N) is 1. The number of amides is 1. The van der Waals surface area contributed by atoms with E-state index < -0.39 is 17.7 Å². The first-order valence-corrected chi connectivity index (χ1v) is 12.7. The standard InChI is InChI=1S/C28H28ClN3O3S/c1-5-34-22-11-7-10-20-24-23(26(33)30-21-13-12-16(2)14-17(21)3)28(4,35-25(20)22)32(27(36)31-24)19-9-6-8-18(29)15-19/h6-15,23-24H,5H2,1-4H3,(H,30,33)(H,31,36)/t23-,24-,28-/m0/s1. The third kappa shape index (κ3) is 4.06. The average molecular weight is 522 g/mol. The van der Waals surface area contributed by atoms with E-state index in [4.69, 9.17) is 33.3 Å². The molecule has 0 aliphatic carbocycles. The van der Waals surface area contributed by atoms with Crippen molar-refractivity contribution in [1.82, 2.24) is 5.32 Å². The maximum Gasteiger partial charge on any atom is 0.236 e. The molecule has 1 saturated heterocycles. The number of para-hydroxylation sites is 1. The molecule has 0 spiro atoms. The second-order valence-electron chi connectivity index (χ2n) is 9.29. The summed E-state index contributed by atoms with van der Waals surface area (Å²) in [6.07, 6.45) is 0. The van der Waals surface area contributed by atoms with E-state index in [1.807, 2.05) is 87.2 Å². The maximum absolute atomic E-state index is 14.0. The van der Waals surface area contributed by atoms with Gasteiger partial charge >= 0.3 is 0 Å². The maximum atomic E-state index is 14.0. The third-order valence-electron chi connectivity index (χ3n) is 6.78. The van der Waals surface area contributed by atoms with Crippen molar-refractivity contribution in [1.29, 1.82) is 0 Å². The van der Waals surface area contributed by atoms with E-state index in [0.29, 0.717) is 28.2 Å². The van der Waals surface area contributed by atoms with Crippen molar-refractivity contribution >= 4 is 46.2 Å². The highest BCUT2D eigenvalue weighted by Crippen LogP contribution is 2.52. The molecule has 2 heterocycles. The van der Waals surface area contributed by atoms with Crippen molar-refractivity contribution < 1.29 is 14.3 Å². The highest BCUT2D eigenvalue weighted by atomic mass is 35.5. The van der Waals surface area contributed by atoms with Gasteiger partial charge in [0.25, 0.3) is 0 Å². The van der Waals surface area contributed by atoms with Crippen LogP contribution < -0.4 is 25.0 Å². The Morgan fingerprint density at radius 1 is 1.19 bits per heavy atom. The van der Waals surface area contributed by atoms with Crippen LogP contribution in [0.15, 0.2) is 60.7 Å². The number of carbonyl (C=O) groups excluding carboxylic acids is 1. The molecule has 2 aliphatic heterocycles. The first-order valence-electron chi connectivity index (χ1n) is 11.9. The number of hydrogen-bond acceptors (Lipinski definition) is 4. The van der Waals surface area contributed by atoms with Gasteiger partial charge in [0.1, 0.15) is 5.92 Å². The van der Waals surface area contributed by atoms with Crippen molar-refractivity contribution in [2.24, 2.45) is 5.92 Å². The summed E-state index contributed by atoms with van der Waals surface area (Å²) in [7, 11) is 0. The van der Waals surface area contributed by atoms with Gasteiger partial charge in [0.2, 0.25) is 5.91 Å². The lowest BCUT2D eigenvalue weighted by Gasteiger charge is -2.56. The molecular weight excluding hydrogens is 494 g/mol. The van der Waals surface area contributed by atoms with Crippen molar-refractivity contribution in [3.63, 3.8) is 0 Å². The Labute approximate surface area is 221 Å². The van der Waals surface area contributed by atoms with Crippen LogP contribution in [-0.2, 0) is 4.79 Å². The number of thiocarbonyl (C=S) groups is 1. The number of hydrogen-bond donors (Lipinski definition) is 2. The van der Waals surface area contributed by atoms with Crippen LogP contribution in [0.3, 0.4) is 0 Å². The van der Waals surface area contributed by atoms with Gasteiger partial charge in [0.05, 0.1) is 12.6 Å². The molecule has 36 heavy (non-hydrogen) atoms. The van der Waals surface area contributed by atoms with Crippen LogP contribution >= 0.6 is 23.8 Å². The van der Waals surface area contributed by atoms with E-state index in [1.54, 1.807) is 6.07 Å². The summed E-state index contributed by atoms with van der Waals surface area (Å²) in [6, 6.07) is 18.6. The molecule has 8 heteroatoms. The quantitative estimate of drug-likeness (QED) is 0.392. The zero-order valence-electron chi connectivity index (χ0n) is 20.6. The van der Waals surface area contributed by atoms with Crippen molar-refractivity contribution in [3.05, 3.63) is 82.4 Å². The minimum atomic E-state index is -1.17. The summed E-state index contributed by atoms with van der Waals surface area (Å²) in [6.45, 7) is 8.32. The molecule has 1 fully saturated rings. The lowest BCUT2D eigenvalue weighted by molar-refractivity contribution is -0.130. The van der Waals surface area contributed by atoms with Gasteiger partial charge in [0, 0.05) is 22.0 Å². The Balaban J connectivity index is 1.65. The number of nitrogens with one attached hydrogen (secondary N) is 2. The number of ether oxygens (including phenoxy) is 2. The molecule has 0 unspecified atom stereocenters. The fourth-order valence-corrected chi connectivity index (χ4v) is 5.81. The average Bonchev–Trinajstić information content (AvgIpc) is 2.81. The number of aryl methyl sites for hydroxylation is 2. The SMILES string of the molecule is CCOc1cccc2c1O[C@@]1(C)[C@H](C(=O)Nc3ccc(C)cc3C)[C@H]2NC(=S)N1c1cccc(Cl)c1. The minimum Gasteiger partial charge on any atom is -0.490 e. The highest BCUT2D eigenvalue weighted by Gasteiger charge is 2.59. The summed E-state index contributed by atoms with van der Waals surface area (Å²) in [5, 5.41) is 7.58. The van der Waals surface area contributed by atoms with Gasteiger partial charge < -0.3 is 20.1 Å². The number of fused-ring (bicyclic) bond motifs is 4. The summed E-state index contributed by atoms with van der Waals surface area (Å²) in [4.78, 5) is 15.9. The smallest absolute Gasteiger partial charge is 0.236 e. The van der Waals surface area contributed by atoms with Crippen LogP contribution in [0.5, 0.6) is 11.5 Å². The number of halogens is 1. The van der Waals surface area contributed by atoms with Crippen molar-refractivity contribution in [3.8, 4) is 11.5 Å². The van der Waals surface area contributed by atoms with Crippen LogP contribution in [-0.4, -0.2) is 23.4 Å². The molecule has 2 aliphatic rings. The van der Waals surface area contributed by atoms with Gasteiger partial charge in [-0.2, -0.15) is 0 Å². The largest absolute Gasteiger partial charge is 0.490 e. The lowest BCUT2D eigenvalue weighted by Crippen LogP contribution is -2.72. The van der Waals surface area contributed by atoms with Crippen LogP contribution in [0, 0.1) is 19.8 Å². The van der Waals surface area contributed by atoms with E-state index in [2.05, 4.69) is 10.6 Å². The molecule has 2 N–H and O–H groups in total. The molecule has 3 aromatic carbocycles. The fourth-order valence-electron chi connectivity index (χ4n) is 5.21. The van der Waals surface area contributed by atoms with Crippen LogP contribution in [0.1, 0.15) is 36.6 Å². The predicted molar refractivity (Wildman–Crippen MR) is 147 cm³/mol. The molecule has 2 bridgehead atoms. The molecule has 1 amide bonds. The second-order valence-corrected chi connectivity index (χ2v) is 10.1. The van der Waals surface area contributed by atoms with Gasteiger partial charge in [-0.25, -0.2) is 0 Å². The van der Waals surface area contributed by atoms with Crippen LogP contribution in [0.2, 0.25) is 5.02 Å². The van der Waals surface area contributed by atoms with E-state index in [9.17, 15) is 4.79 Å². The zero-order valence-corrected chi connectivity index (χ0v) is 22.2. The Bertz CT molecular complexity index is 1360. The van der Waals surface area contributed by atoms with Gasteiger partial charge in [0.15, 0.2) is 22.3 Å². The summed E-state index contributed by atoms with van der Waals surface area (Å²) < 4.78 is 12.6. The van der Waals surface area contributed by atoms with E-state index in [-0.39, 0.29) is 5.91 Å². The van der Waals surface area contributed by atoms with Gasteiger partial charge in [-0.3, -0.25) is 9.69 Å². The van der Waals surface area contributed by atoms with Crippen molar-refractivity contribution in [2.75, 3.05) is 16.8 Å². The molecule has 6 nitrogen and oxygen atoms in total. The molecule has 5 rings (SSSR count). The van der Waals surface area contributed by atoms with Gasteiger partial charge in [-0.1, -0.05) is 47.5 Å². The molecule has 0 aromatic heterocycles. The fraction of sp³-hybridized carbons (Fsp3) is 0.286. The monoisotopic (exact) mass is 521 g/mol. The summed E-state index contributed by atoms with van der Waals surface area (Å²) in [5.74, 6) is 0.391. The first kappa shape index (κ1) is 24.4. The Morgan fingerprint density at radius 2 is 1.97 bits per heavy atom. The number of rotatable bonds is 5. The normalized spacial score (nSPS) is 22.2. The number of benzene rings is 3. The Hall–Kier alpha value is -3.29. The van der Waals surface area contributed by atoms with E-state index in [0.717, 1.165) is 28.1 Å². The lowest BCUT2D eigenvalue weighted by atomic mass is 9.78. The third-order valence-corrected chi connectivity index (χ3v) is 7.31. The van der Waals surface area contributed by atoms with Crippen molar-refractivity contribution in [2.45, 2.75) is 39.5 Å². The number of anilines is 2. The Kier molecular flexibility index (Phi) is 6.30. The highest BCUT2D eigenvalue weighted by molar-refractivity contribution is 7.80. The topological polar surface area (TPSA) is 62.8 Å². The van der Waals surface area contributed by atoms with E-state index >= 15 is 0 Å². The second kappa shape index (κ2) is 9.30. The minimum absolute atomic E-state index is 0.177. The molecular formula is C28H28ClN3O3S. The molecule has 0 saturated carbocycles. The van der Waals surface area contributed by atoms with E-state index in [1.165, 1.54) is 0 Å². The molecule has 0 radical (unpaired) electrons. The molecule has 3 atom stereocenters. The van der Waals surface area contributed by atoms with Crippen LogP contribution in [0.25, 0.3) is 0 Å².